The van der Waals surface area contributed by atoms with Gasteiger partial charge in [-0.05, 0) is 57.7 Å². The molecule has 0 spiro atoms. The average molecular weight is 344 g/mol. The molecule has 0 aliphatic carbocycles. The van der Waals surface area contributed by atoms with Crippen molar-refractivity contribution in [3.63, 3.8) is 0 Å². The van der Waals surface area contributed by atoms with Crippen LogP contribution in [0.1, 0.15) is 49.3 Å². The van der Waals surface area contributed by atoms with E-state index in [9.17, 15) is 4.79 Å². The summed E-state index contributed by atoms with van der Waals surface area (Å²) < 4.78 is 7.58. The summed E-state index contributed by atoms with van der Waals surface area (Å²) in [5.74, 6) is 1.91. The molecule has 136 valence electrons. The van der Waals surface area contributed by atoms with E-state index in [2.05, 4.69) is 16.6 Å². The number of carbonyl (C=O) groups excluding carboxylic acids is 1. The minimum atomic E-state index is 0.0247. The molecule has 3 heterocycles. The number of likely N-dealkylation sites (tertiary alicyclic amines) is 1. The maximum Gasteiger partial charge on any atom is 0.317 e. The monoisotopic (exact) mass is 344 g/mol. The molecule has 6 nitrogen and oxygen atoms in total. The zero-order valence-electron chi connectivity index (χ0n) is 15.4. The van der Waals surface area contributed by atoms with E-state index in [4.69, 9.17) is 4.42 Å². The summed E-state index contributed by atoms with van der Waals surface area (Å²) in [7, 11) is 0. The first-order chi connectivity index (χ1) is 12.0. The van der Waals surface area contributed by atoms with Gasteiger partial charge >= 0.3 is 6.03 Å². The third-order valence-electron chi connectivity index (χ3n) is 4.78. The molecular formula is C19H28N4O2. The number of urea groups is 1. The highest BCUT2D eigenvalue weighted by atomic mass is 16.3. The van der Waals surface area contributed by atoms with Gasteiger partial charge in [0.25, 0.3) is 0 Å². The fourth-order valence-corrected chi connectivity index (χ4v) is 3.34. The topological polar surface area (TPSA) is 63.3 Å². The second-order valence-corrected chi connectivity index (χ2v) is 7.14. The lowest BCUT2D eigenvalue weighted by molar-refractivity contribution is 0.160. The van der Waals surface area contributed by atoms with Crippen LogP contribution in [0.5, 0.6) is 0 Å². The second kappa shape index (κ2) is 7.76. The number of furan rings is 1. The predicted octanol–water partition coefficient (Wildman–Crippen LogP) is 3.46. The van der Waals surface area contributed by atoms with Crippen molar-refractivity contribution < 1.29 is 9.21 Å². The van der Waals surface area contributed by atoms with Gasteiger partial charge < -0.3 is 14.6 Å². The number of nitrogens with zero attached hydrogens (tertiary/aromatic N) is 3. The Morgan fingerprint density at radius 2 is 2.28 bits per heavy atom. The van der Waals surface area contributed by atoms with Gasteiger partial charge in [-0.1, -0.05) is 0 Å². The Bertz CT molecular complexity index is 706. The molecule has 0 aromatic carbocycles. The van der Waals surface area contributed by atoms with Gasteiger partial charge in [0.05, 0.1) is 12.2 Å². The van der Waals surface area contributed by atoms with Crippen LogP contribution in [-0.4, -0.2) is 39.8 Å². The van der Waals surface area contributed by atoms with Crippen LogP contribution >= 0.6 is 0 Å². The Morgan fingerprint density at radius 3 is 2.96 bits per heavy atom. The number of amides is 2. The van der Waals surface area contributed by atoms with Crippen LogP contribution in [0.15, 0.2) is 28.9 Å². The molecule has 2 amide bonds. The van der Waals surface area contributed by atoms with Gasteiger partial charge in [0, 0.05) is 31.7 Å². The number of carbonyl (C=O) groups is 1. The van der Waals surface area contributed by atoms with E-state index >= 15 is 0 Å². The van der Waals surface area contributed by atoms with Crippen LogP contribution in [0.2, 0.25) is 0 Å². The van der Waals surface area contributed by atoms with Crippen LogP contribution in [0.4, 0.5) is 4.79 Å². The smallest absolute Gasteiger partial charge is 0.317 e. The van der Waals surface area contributed by atoms with Crippen LogP contribution < -0.4 is 5.32 Å². The molecule has 0 radical (unpaired) electrons. The molecule has 1 saturated heterocycles. The highest BCUT2D eigenvalue weighted by Crippen LogP contribution is 2.21. The van der Waals surface area contributed by atoms with E-state index < -0.39 is 0 Å². The predicted molar refractivity (Wildman–Crippen MR) is 96.6 cm³/mol. The maximum atomic E-state index is 12.6. The molecule has 0 saturated carbocycles. The molecule has 2 aromatic rings. The normalized spacial score (nSPS) is 19.0. The molecule has 0 unspecified atom stereocenters. The fourth-order valence-electron chi connectivity index (χ4n) is 3.34. The molecule has 1 aliphatic rings. The summed E-state index contributed by atoms with van der Waals surface area (Å²) in [5.41, 5.74) is 1.16. The van der Waals surface area contributed by atoms with Gasteiger partial charge in [-0.15, -0.1) is 0 Å². The van der Waals surface area contributed by atoms with E-state index in [1.807, 2.05) is 48.7 Å². The number of aromatic nitrogens is 2. The van der Waals surface area contributed by atoms with Crippen molar-refractivity contribution in [3.05, 3.63) is 41.6 Å². The first kappa shape index (κ1) is 17.6. The van der Waals surface area contributed by atoms with E-state index in [-0.39, 0.29) is 18.1 Å². The summed E-state index contributed by atoms with van der Waals surface area (Å²) in [5, 5.41) is 7.53. The minimum absolute atomic E-state index is 0.0247. The number of rotatable bonds is 5. The van der Waals surface area contributed by atoms with Crippen molar-refractivity contribution in [2.24, 2.45) is 0 Å². The Hall–Kier alpha value is -2.24. The van der Waals surface area contributed by atoms with Crippen LogP contribution in [0, 0.1) is 13.8 Å². The fraction of sp³-hybridized carbons (Fsp3) is 0.579. The van der Waals surface area contributed by atoms with E-state index in [0.29, 0.717) is 0 Å². The number of hydrogen-bond donors (Lipinski definition) is 1. The lowest BCUT2D eigenvalue weighted by Crippen LogP contribution is -2.48. The third kappa shape index (κ3) is 4.65. The Balaban J connectivity index is 1.48. The van der Waals surface area contributed by atoms with Crippen molar-refractivity contribution in [3.8, 4) is 0 Å². The first-order valence-electron chi connectivity index (χ1n) is 9.13. The third-order valence-corrected chi connectivity index (χ3v) is 4.78. The molecule has 3 rings (SSSR count). The first-order valence-corrected chi connectivity index (χ1v) is 9.13. The molecule has 1 fully saturated rings. The Labute approximate surface area is 149 Å². The lowest BCUT2D eigenvalue weighted by atomic mass is 10.1. The van der Waals surface area contributed by atoms with Crippen LogP contribution in [0.25, 0.3) is 0 Å². The van der Waals surface area contributed by atoms with Crippen molar-refractivity contribution >= 4 is 6.03 Å². The van der Waals surface area contributed by atoms with E-state index in [1.54, 1.807) is 0 Å². The van der Waals surface area contributed by atoms with Gasteiger partial charge in [-0.3, -0.25) is 4.68 Å². The number of aryl methyl sites for hydroxylation is 3. The van der Waals surface area contributed by atoms with Crippen molar-refractivity contribution in [2.75, 3.05) is 13.1 Å². The number of piperidine rings is 1. The molecule has 6 heteroatoms. The number of hydrogen-bond acceptors (Lipinski definition) is 3. The highest BCUT2D eigenvalue weighted by Gasteiger charge is 2.25. The quantitative estimate of drug-likeness (QED) is 0.903. The minimum Gasteiger partial charge on any atom is -0.466 e. The summed E-state index contributed by atoms with van der Waals surface area (Å²) in [4.78, 5) is 14.5. The zero-order chi connectivity index (χ0) is 17.8. The molecule has 25 heavy (non-hydrogen) atoms. The lowest BCUT2D eigenvalue weighted by Gasteiger charge is -2.33. The maximum absolute atomic E-state index is 12.6. The summed E-state index contributed by atoms with van der Waals surface area (Å²) in [6.07, 6.45) is 7.71. The summed E-state index contributed by atoms with van der Waals surface area (Å²) in [6, 6.07) is 4.39. The van der Waals surface area contributed by atoms with Crippen LogP contribution in [-0.2, 0) is 6.42 Å². The summed E-state index contributed by atoms with van der Waals surface area (Å²) in [6.45, 7) is 7.57. The molecule has 2 atom stereocenters. The van der Waals surface area contributed by atoms with Crippen molar-refractivity contribution in [2.45, 2.75) is 58.5 Å². The van der Waals surface area contributed by atoms with Gasteiger partial charge in [-0.2, -0.15) is 5.10 Å². The standard InChI is InChI=1S/C19H28N4O2/c1-14-11-20-23(12-14)17-5-4-10-22(13-17)19(24)21-15(2)6-8-18-9-7-16(3)25-18/h7,9,11-12,15,17H,4-6,8,10,13H2,1-3H3,(H,21,24)/t15-,17-/m1/s1. The SMILES string of the molecule is Cc1cnn([C@@H]2CCCN(C(=O)N[C@H](C)CCc3ccc(C)o3)C2)c1. The molecule has 0 bridgehead atoms. The van der Waals surface area contributed by atoms with Crippen molar-refractivity contribution in [1.82, 2.24) is 20.0 Å². The van der Waals surface area contributed by atoms with Crippen LogP contribution in [0.3, 0.4) is 0 Å². The molecule has 2 aromatic heterocycles. The van der Waals surface area contributed by atoms with Gasteiger partial charge in [0.2, 0.25) is 0 Å². The Morgan fingerprint density at radius 1 is 1.44 bits per heavy atom. The van der Waals surface area contributed by atoms with E-state index in [0.717, 1.165) is 55.9 Å². The number of nitrogens with one attached hydrogen (secondary N) is 1. The average Bonchev–Trinajstić information content (AvgIpc) is 3.21. The molecule has 1 aliphatic heterocycles. The van der Waals surface area contributed by atoms with Gasteiger partial charge in [-0.25, -0.2) is 4.79 Å². The van der Waals surface area contributed by atoms with Gasteiger partial charge in [0.15, 0.2) is 0 Å². The largest absolute Gasteiger partial charge is 0.466 e. The molecule has 1 N–H and O–H groups in total. The second-order valence-electron chi connectivity index (χ2n) is 7.14. The molecular weight excluding hydrogens is 316 g/mol. The van der Waals surface area contributed by atoms with Crippen molar-refractivity contribution in [1.29, 1.82) is 0 Å². The summed E-state index contributed by atoms with van der Waals surface area (Å²) >= 11 is 0. The van der Waals surface area contributed by atoms with E-state index in [1.165, 1.54) is 0 Å². The Kier molecular flexibility index (Phi) is 5.46. The van der Waals surface area contributed by atoms with Gasteiger partial charge in [0.1, 0.15) is 11.5 Å². The zero-order valence-corrected chi connectivity index (χ0v) is 15.4. The highest BCUT2D eigenvalue weighted by molar-refractivity contribution is 5.74.